The quantitative estimate of drug-likeness (QED) is 0.762. The smallest absolute Gasteiger partial charge is 0.129 e. The lowest BCUT2D eigenvalue weighted by Gasteiger charge is -2.17. The molecule has 0 amide bonds. The number of rotatable bonds is 8. The average Bonchev–Trinajstić information content (AvgIpc) is 2.41. The highest BCUT2D eigenvalue weighted by Gasteiger charge is 2.04. The molecule has 0 aromatic carbocycles. The Morgan fingerprint density at radius 2 is 1.78 bits per heavy atom. The maximum Gasteiger partial charge on any atom is 0.129 e. The molecule has 0 aliphatic rings. The monoisotopic (exact) mass is 250 g/mol. The Labute approximate surface area is 111 Å². The van der Waals surface area contributed by atoms with Crippen LogP contribution in [0, 0.1) is 0 Å². The Morgan fingerprint density at radius 1 is 1.17 bits per heavy atom. The van der Waals surface area contributed by atoms with Crippen molar-refractivity contribution in [3.8, 4) is 0 Å². The van der Waals surface area contributed by atoms with Crippen molar-refractivity contribution in [1.29, 1.82) is 0 Å². The number of hydrogen-bond acceptors (Lipinski definition) is 4. The van der Waals surface area contributed by atoms with Crippen LogP contribution in [0.2, 0.25) is 0 Å². The first-order valence-electron chi connectivity index (χ1n) is 6.97. The molecule has 0 fully saturated rings. The summed E-state index contributed by atoms with van der Waals surface area (Å²) in [5.74, 6) is 0.927. The number of likely N-dealkylation sites (N-methyl/N-ethyl adjacent to an activating group) is 1. The molecule has 1 heterocycles. The van der Waals surface area contributed by atoms with Crippen molar-refractivity contribution in [1.82, 2.24) is 14.9 Å². The minimum absolute atomic E-state index is 0.218. The van der Waals surface area contributed by atoms with Gasteiger partial charge in [-0.25, -0.2) is 9.97 Å². The predicted octanol–water partition coefficient (Wildman–Crippen LogP) is 1.64. The summed E-state index contributed by atoms with van der Waals surface area (Å²) in [4.78, 5) is 11.2. The molecule has 0 saturated heterocycles. The van der Waals surface area contributed by atoms with Gasteiger partial charge in [-0.05, 0) is 31.5 Å². The Balaban J connectivity index is 2.45. The fraction of sp³-hybridized carbons (Fsp3) is 0.714. The van der Waals surface area contributed by atoms with E-state index in [1.807, 2.05) is 12.4 Å². The number of aromatic nitrogens is 2. The molecule has 0 saturated carbocycles. The third-order valence-corrected chi connectivity index (χ3v) is 3.33. The SMILES string of the molecule is CCC(N)Cc1cnc(CCN(CC)CC)nc1. The van der Waals surface area contributed by atoms with Crippen molar-refractivity contribution >= 4 is 0 Å². The van der Waals surface area contributed by atoms with Crippen molar-refractivity contribution < 1.29 is 0 Å². The average molecular weight is 250 g/mol. The zero-order valence-corrected chi connectivity index (χ0v) is 11.9. The molecule has 0 radical (unpaired) electrons. The number of nitrogens with two attached hydrogens (primary N) is 1. The lowest BCUT2D eigenvalue weighted by atomic mass is 10.1. The van der Waals surface area contributed by atoms with Gasteiger partial charge in [0.2, 0.25) is 0 Å². The molecule has 0 bridgehead atoms. The van der Waals surface area contributed by atoms with Crippen molar-refractivity contribution in [3.05, 3.63) is 23.8 Å². The minimum Gasteiger partial charge on any atom is -0.327 e. The van der Waals surface area contributed by atoms with E-state index in [9.17, 15) is 0 Å². The van der Waals surface area contributed by atoms with E-state index in [2.05, 4.69) is 35.6 Å². The molecular weight excluding hydrogens is 224 g/mol. The van der Waals surface area contributed by atoms with E-state index in [-0.39, 0.29) is 6.04 Å². The molecule has 0 aliphatic carbocycles. The highest BCUT2D eigenvalue weighted by molar-refractivity contribution is 5.07. The molecular formula is C14H26N4. The standard InChI is InChI=1S/C14H26N4/c1-4-13(15)9-12-10-16-14(17-11-12)7-8-18(5-2)6-3/h10-11,13H,4-9,15H2,1-3H3. The van der Waals surface area contributed by atoms with Crippen LogP contribution in [-0.4, -0.2) is 40.5 Å². The van der Waals surface area contributed by atoms with E-state index in [0.29, 0.717) is 0 Å². The first-order valence-corrected chi connectivity index (χ1v) is 6.97. The predicted molar refractivity (Wildman–Crippen MR) is 75.5 cm³/mol. The van der Waals surface area contributed by atoms with Gasteiger partial charge in [-0.15, -0.1) is 0 Å². The zero-order valence-electron chi connectivity index (χ0n) is 11.9. The second kappa shape index (κ2) is 8.16. The van der Waals surface area contributed by atoms with Crippen molar-refractivity contribution in [3.63, 3.8) is 0 Å². The Morgan fingerprint density at radius 3 is 2.28 bits per heavy atom. The van der Waals surface area contributed by atoms with E-state index < -0.39 is 0 Å². The second-order valence-electron chi connectivity index (χ2n) is 4.66. The third kappa shape index (κ3) is 5.10. The fourth-order valence-electron chi connectivity index (χ4n) is 1.86. The second-order valence-corrected chi connectivity index (χ2v) is 4.66. The van der Waals surface area contributed by atoms with Gasteiger partial charge in [0, 0.05) is 31.4 Å². The summed E-state index contributed by atoms with van der Waals surface area (Å²) in [7, 11) is 0. The molecule has 18 heavy (non-hydrogen) atoms. The van der Waals surface area contributed by atoms with Gasteiger partial charge in [0.1, 0.15) is 5.82 Å². The molecule has 4 nitrogen and oxygen atoms in total. The normalized spacial score (nSPS) is 12.9. The number of hydrogen-bond donors (Lipinski definition) is 1. The molecule has 1 aromatic heterocycles. The van der Waals surface area contributed by atoms with E-state index in [4.69, 9.17) is 5.73 Å². The van der Waals surface area contributed by atoms with Gasteiger partial charge in [-0.3, -0.25) is 0 Å². The van der Waals surface area contributed by atoms with Crippen LogP contribution in [0.1, 0.15) is 38.6 Å². The fourth-order valence-corrected chi connectivity index (χ4v) is 1.86. The topological polar surface area (TPSA) is 55.0 Å². The largest absolute Gasteiger partial charge is 0.327 e. The summed E-state index contributed by atoms with van der Waals surface area (Å²) in [5, 5.41) is 0. The molecule has 1 aromatic rings. The number of nitrogens with zero attached hydrogens (tertiary/aromatic N) is 3. The molecule has 2 N–H and O–H groups in total. The first-order chi connectivity index (χ1) is 8.69. The summed E-state index contributed by atoms with van der Waals surface area (Å²) < 4.78 is 0. The Bertz CT molecular complexity index is 319. The van der Waals surface area contributed by atoms with E-state index >= 15 is 0 Å². The zero-order chi connectivity index (χ0) is 13.4. The van der Waals surface area contributed by atoms with Crippen LogP contribution in [0.25, 0.3) is 0 Å². The van der Waals surface area contributed by atoms with Crippen LogP contribution in [0.15, 0.2) is 12.4 Å². The van der Waals surface area contributed by atoms with Crippen LogP contribution in [0.4, 0.5) is 0 Å². The van der Waals surface area contributed by atoms with E-state index in [0.717, 1.165) is 50.3 Å². The summed E-state index contributed by atoms with van der Waals surface area (Å²) in [5.41, 5.74) is 7.05. The summed E-state index contributed by atoms with van der Waals surface area (Å²) in [6, 6.07) is 0.218. The highest BCUT2D eigenvalue weighted by atomic mass is 15.1. The van der Waals surface area contributed by atoms with Gasteiger partial charge < -0.3 is 10.6 Å². The van der Waals surface area contributed by atoms with Gasteiger partial charge >= 0.3 is 0 Å². The minimum atomic E-state index is 0.218. The maximum absolute atomic E-state index is 5.92. The van der Waals surface area contributed by atoms with Crippen LogP contribution in [-0.2, 0) is 12.8 Å². The molecule has 0 aliphatic heterocycles. The summed E-state index contributed by atoms with van der Waals surface area (Å²) >= 11 is 0. The van der Waals surface area contributed by atoms with Crippen molar-refractivity contribution in [2.75, 3.05) is 19.6 Å². The van der Waals surface area contributed by atoms with Gasteiger partial charge in [0.25, 0.3) is 0 Å². The first kappa shape index (κ1) is 15.1. The van der Waals surface area contributed by atoms with Gasteiger partial charge in [0.15, 0.2) is 0 Å². The molecule has 0 spiro atoms. The third-order valence-electron chi connectivity index (χ3n) is 3.33. The van der Waals surface area contributed by atoms with Gasteiger partial charge in [0.05, 0.1) is 0 Å². The molecule has 1 unspecified atom stereocenters. The molecule has 4 heteroatoms. The van der Waals surface area contributed by atoms with E-state index in [1.54, 1.807) is 0 Å². The highest BCUT2D eigenvalue weighted by Crippen LogP contribution is 2.03. The van der Waals surface area contributed by atoms with Crippen LogP contribution < -0.4 is 5.73 Å². The summed E-state index contributed by atoms with van der Waals surface area (Å²) in [6.45, 7) is 9.66. The van der Waals surface area contributed by atoms with Gasteiger partial charge in [-0.2, -0.15) is 0 Å². The van der Waals surface area contributed by atoms with Crippen molar-refractivity contribution in [2.45, 2.75) is 46.1 Å². The lowest BCUT2D eigenvalue weighted by Crippen LogP contribution is -2.26. The van der Waals surface area contributed by atoms with Crippen LogP contribution in [0.5, 0.6) is 0 Å². The van der Waals surface area contributed by atoms with Crippen LogP contribution >= 0.6 is 0 Å². The van der Waals surface area contributed by atoms with E-state index in [1.165, 1.54) is 0 Å². The summed E-state index contributed by atoms with van der Waals surface area (Å²) in [6.07, 6.45) is 6.61. The lowest BCUT2D eigenvalue weighted by molar-refractivity contribution is 0.305. The molecule has 102 valence electrons. The molecule has 1 atom stereocenters. The van der Waals surface area contributed by atoms with Crippen molar-refractivity contribution in [2.24, 2.45) is 5.73 Å². The Kier molecular flexibility index (Phi) is 6.83. The maximum atomic E-state index is 5.92. The Hall–Kier alpha value is -1.00. The molecule has 1 rings (SSSR count). The van der Waals surface area contributed by atoms with Gasteiger partial charge in [-0.1, -0.05) is 20.8 Å². The van der Waals surface area contributed by atoms with Crippen LogP contribution in [0.3, 0.4) is 0 Å².